The maximum Gasteiger partial charge on any atom is 0.255 e. The number of hydrogen-bond donors (Lipinski definition) is 0. The average Bonchev–Trinajstić information content (AvgIpc) is 2.72. The van der Waals surface area contributed by atoms with Gasteiger partial charge in [-0.1, -0.05) is 11.6 Å². The van der Waals surface area contributed by atoms with Crippen molar-refractivity contribution in [1.29, 1.82) is 0 Å². The quantitative estimate of drug-likeness (QED) is 0.746. The number of aromatic nitrogens is 4. The lowest BCUT2D eigenvalue weighted by Gasteiger charge is -2.42. The van der Waals surface area contributed by atoms with Crippen LogP contribution in [-0.2, 0) is 4.74 Å². The molecule has 3 rings (SSSR count). The predicted molar refractivity (Wildman–Crippen MR) is 72.6 cm³/mol. The fraction of sp³-hybridized carbons (Fsp3) is 0.583. The van der Waals surface area contributed by atoms with Gasteiger partial charge in [0.25, 0.3) is 5.78 Å². The molecule has 2 aromatic heterocycles. The van der Waals surface area contributed by atoms with Gasteiger partial charge in [-0.25, -0.2) is 0 Å². The molecule has 0 spiro atoms. The van der Waals surface area contributed by atoms with Crippen LogP contribution in [0, 0.1) is 0 Å². The van der Waals surface area contributed by atoms with E-state index in [1.807, 2.05) is 6.07 Å². The lowest BCUT2D eigenvalue weighted by atomic mass is 10.1. The van der Waals surface area contributed by atoms with Crippen LogP contribution in [0.4, 0.5) is 5.82 Å². The van der Waals surface area contributed by atoms with Gasteiger partial charge in [-0.05, 0) is 20.8 Å². The summed E-state index contributed by atoms with van der Waals surface area (Å²) in [5.74, 6) is 1.41. The van der Waals surface area contributed by atoms with Gasteiger partial charge in [0.15, 0.2) is 0 Å². The zero-order chi connectivity index (χ0) is 13.6. The Morgan fingerprint density at radius 3 is 3.00 bits per heavy atom. The van der Waals surface area contributed by atoms with Crippen LogP contribution in [0.1, 0.15) is 20.8 Å². The summed E-state index contributed by atoms with van der Waals surface area (Å²) in [4.78, 5) is 10.4. The third-order valence-corrected chi connectivity index (χ3v) is 3.29. The summed E-state index contributed by atoms with van der Waals surface area (Å²) in [6.07, 6.45) is 1.63. The SMILES string of the molecule is CC1CN(c2cc(Cl)nc3ncnn23)CC(C)(C)O1. The lowest BCUT2D eigenvalue weighted by molar-refractivity contribution is -0.0752. The van der Waals surface area contributed by atoms with Gasteiger partial charge in [0.2, 0.25) is 0 Å². The van der Waals surface area contributed by atoms with Crippen LogP contribution >= 0.6 is 11.6 Å². The largest absolute Gasteiger partial charge is 0.369 e. The first-order valence-electron chi connectivity index (χ1n) is 6.24. The molecular weight excluding hydrogens is 266 g/mol. The first-order chi connectivity index (χ1) is 8.94. The molecule has 7 heteroatoms. The van der Waals surface area contributed by atoms with Crippen LogP contribution in [0.5, 0.6) is 0 Å². The highest BCUT2D eigenvalue weighted by molar-refractivity contribution is 6.29. The number of halogens is 1. The topological polar surface area (TPSA) is 55.6 Å². The molecule has 0 saturated carbocycles. The minimum atomic E-state index is -0.208. The highest BCUT2D eigenvalue weighted by Crippen LogP contribution is 2.27. The Hall–Kier alpha value is -1.40. The second kappa shape index (κ2) is 4.31. The molecule has 19 heavy (non-hydrogen) atoms. The van der Waals surface area contributed by atoms with Crippen molar-refractivity contribution >= 4 is 23.2 Å². The van der Waals surface area contributed by atoms with Crippen LogP contribution in [0.3, 0.4) is 0 Å². The van der Waals surface area contributed by atoms with E-state index in [-0.39, 0.29) is 11.7 Å². The van der Waals surface area contributed by atoms with Crippen molar-refractivity contribution in [2.24, 2.45) is 0 Å². The molecule has 0 N–H and O–H groups in total. The van der Waals surface area contributed by atoms with Gasteiger partial charge in [-0.15, -0.1) is 0 Å². The summed E-state index contributed by atoms with van der Waals surface area (Å²) in [5, 5.41) is 4.63. The predicted octanol–water partition coefficient (Wildman–Crippen LogP) is 1.78. The van der Waals surface area contributed by atoms with Gasteiger partial charge >= 0.3 is 0 Å². The monoisotopic (exact) mass is 281 g/mol. The number of hydrogen-bond acceptors (Lipinski definition) is 5. The fourth-order valence-electron chi connectivity index (χ4n) is 2.62. The molecule has 0 aliphatic carbocycles. The first-order valence-corrected chi connectivity index (χ1v) is 6.61. The van der Waals surface area contributed by atoms with E-state index < -0.39 is 0 Å². The van der Waals surface area contributed by atoms with Gasteiger partial charge in [-0.3, -0.25) is 0 Å². The molecule has 6 nitrogen and oxygen atoms in total. The number of nitrogens with zero attached hydrogens (tertiary/aromatic N) is 5. The Kier molecular flexibility index (Phi) is 2.87. The molecule has 0 aromatic carbocycles. The van der Waals surface area contributed by atoms with Crippen LogP contribution < -0.4 is 4.90 Å². The van der Waals surface area contributed by atoms with E-state index >= 15 is 0 Å². The van der Waals surface area contributed by atoms with Crippen molar-refractivity contribution in [2.45, 2.75) is 32.5 Å². The first kappa shape index (κ1) is 12.6. The molecular formula is C12H16ClN5O. The Balaban J connectivity index is 2.06. The molecule has 0 bridgehead atoms. The van der Waals surface area contributed by atoms with Crippen LogP contribution in [0.25, 0.3) is 5.78 Å². The highest BCUT2D eigenvalue weighted by Gasteiger charge is 2.32. The highest BCUT2D eigenvalue weighted by atomic mass is 35.5. The van der Waals surface area contributed by atoms with Crippen LogP contribution in [0.15, 0.2) is 12.4 Å². The van der Waals surface area contributed by atoms with Gasteiger partial charge in [-0.2, -0.15) is 19.6 Å². The zero-order valence-electron chi connectivity index (χ0n) is 11.2. The van der Waals surface area contributed by atoms with E-state index in [0.717, 1.165) is 18.9 Å². The van der Waals surface area contributed by atoms with Gasteiger partial charge in [0.05, 0.1) is 11.7 Å². The van der Waals surface area contributed by atoms with Gasteiger partial charge in [0.1, 0.15) is 17.3 Å². The molecule has 1 saturated heterocycles. The number of fused-ring (bicyclic) bond motifs is 1. The third kappa shape index (κ3) is 2.37. The summed E-state index contributed by atoms with van der Waals surface area (Å²) in [5.41, 5.74) is -0.208. The maximum atomic E-state index is 6.06. The van der Waals surface area contributed by atoms with Gasteiger partial charge in [0, 0.05) is 19.2 Å². The molecule has 1 unspecified atom stereocenters. The Morgan fingerprint density at radius 2 is 2.26 bits per heavy atom. The number of anilines is 1. The molecule has 1 fully saturated rings. The van der Waals surface area contributed by atoms with Crippen molar-refractivity contribution in [3.63, 3.8) is 0 Å². The summed E-state index contributed by atoms with van der Waals surface area (Å²) < 4.78 is 7.62. The van der Waals surface area contributed by atoms with Crippen molar-refractivity contribution < 1.29 is 4.74 Å². The Labute approximate surface area is 116 Å². The summed E-state index contributed by atoms with van der Waals surface area (Å²) in [6, 6.07) is 1.82. The normalized spacial score (nSPS) is 22.9. The molecule has 0 amide bonds. The second-order valence-corrected chi connectivity index (χ2v) is 5.86. The lowest BCUT2D eigenvalue weighted by Crippen LogP contribution is -2.52. The van der Waals surface area contributed by atoms with E-state index in [2.05, 4.69) is 40.7 Å². The second-order valence-electron chi connectivity index (χ2n) is 5.48. The number of rotatable bonds is 1. The molecule has 1 aliphatic heterocycles. The number of ether oxygens (including phenoxy) is 1. The van der Waals surface area contributed by atoms with E-state index in [0.29, 0.717) is 10.9 Å². The van der Waals surface area contributed by atoms with E-state index in [9.17, 15) is 0 Å². The summed E-state index contributed by atoms with van der Waals surface area (Å²) >= 11 is 6.06. The average molecular weight is 282 g/mol. The summed E-state index contributed by atoms with van der Waals surface area (Å²) in [6.45, 7) is 7.79. The fourth-order valence-corrected chi connectivity index (χ4v) is 2.80. The van der Waals surface area contributed by atoms with E-state index in [1.54, 1.807) is 4.52 Å². The molecule has 1 atom stereocenters. The Morgan fingerprint density at radius 1 is 1.47 bits per heavy atom. The summed E-state index contributed by atoms with van der Waals surface area (Å²) in [7, 11) is 0. The van der Waals surface area contributed by atoms with E-state index in [1.165, 1.54) is 6.33 Å². The van der Waals surface area contributed by atoms with E-state index in [4.69, 9.17) is 16.3 Å². The maximum absolute atomic E-state index is 6.06. The zero-order valence-corrected chi connectivity index (χ0v) is 11.9. The smallest absolute Gasteiger partial charge is 0.255 e. The minimum absolute atomic E-state index is 0.147. The molecule has 1 aliphatic rings. The third-order valence-electron chi connectivity index (χ3n) is 3.10. The van der Waals surface area contributed by atoms with Crippen molar-refractivity contribution in [3.05, 3.63) is 17.5 Å². The van der Waals surface area contributed by atoms with Gasteiger partial charge < -0.3 is 9.64 Å². The Bertz CT molecular complexity index is 611. The van der Waals surface area contributed by atoms with Crippen LogP contribution in [-0.4, -0.2) is 44.4 Å². The minimum Gasteiger partial charge on any atom is -0.369 e. The van der Waals surface area contributed by atoms with Crippen LogP contribution in [0.2, 0.25) is 5.15 Å². The molecule has 102 valence electrons. The van der Waals surface area contributed by atoms with Crippen molar-refractivity contribution in [2.75, 3.05) is 18.0 Å². The molecule has 0 radical (unpaired) electrons. The van der Waals surface area contributed by atoms with Crippen molar-refractivity contribution in [1.82, 2.24) is 19.6 Å². The van der Waals surface area contributed by atoms with Crippen molar-refractivity contribution in [3.8, 4) is 0 Å². The molecule has 2 aromatic rings. The number of morpholine rings is 1. The standard InChI is InChI=1S/C12H16ClN5O/c1-8-5-17(6-12(2,3)19-8)10-4-9(13)16-11-14-7-15-18(10)11/h4,7-8H,5-6H2,1-3H3. The molecule has 3 heterocycles.